The number of nitrogens with one attached hydrogen (secondary N) is 1. The van der Waals surface area contributed by atoms with Crippen molar-refractivity contribution in [2.45, 2.75) is 4.90 Å². The van der Waals surface area contributed by atoms with E-state index in [0.717, 1.165) is 12.1 Å². The maximum absolute atomic E-state index is 13.4. The first-order chi connectivity index (χ1) is 12.3. The fourth-order valence-corrected chi connectivity index (χ4v) is 4.20. The van der Waals surface area contributed by atoms with Crippen molar-refractivity contribution in [2.75, 3.05) is 32.2 Å². The van der Waals surface area contributed by atoms with Gasteiger partial charge >= 0.3 is 0 Å². The van der Waals surface area contributed by atoms with Crippen LogP contribution in [0.15, 0.2) is 39.7 Å². The molecular weight excluding hydrogens is 433 g/mol. The zero-order valence-electron chi connectivity index (χ0n) is 14.0. The Labute approximate surface area is 158 Å². The van der Waals surface area contributed by atoms with Crippen molar-refractivity contribution in [2.24, 2.45) is 0 Å². The van der Waals surface area contributed by atoms with Crippen molar-refractivity contribution in [1.82, 2.24) is 0 Å². The summed E-state index contributed by atoms with van der Waals surface area (Å²) >= 11 is 3.19. The molecule has 26 heavy (non-hydrogen) atoms. The average molecular weight is 450 g/mol. The molecule has 2 aromatic rings. The highest BCUT2D eigenvalue weighted by molar-refractivity contribution is 9.10. The summed E-state index contributed by atoms with van der Waals surface area (Å²) in [6.45, 7) is -0.415. The highest BCUT2D eigenvalue weighted by Crippen LogP contribution is 2.37. The van der Waals surface area contributed by atoms with Crippen LogP contribution in [0, 0.1) is 5.82 Å². The minimum Gasteiger partial charge on any atom is -0.493 e. The second kappa shape index (κ2) is 8.56. The monoisotopic (exact) mass is 449 g/mol. The molecule has 0 fully saturated rings. The van der Waals surface area contributed by atoms with Gasteiger partial charge in [0.25, 0.3) is 10.0 Å². The number of benzene rings is 2. The molecule has 0 aliphatic heterocycles. The van der Waals surface area contributed by atoms with E-state index < -0.39 is 15.8 Å². The van der Waals surface area contributed by atoms with Crippen LogP contribution in [-0.4, -0.2) is 41.0 Å². The van der Waals surface area contributed by atoms with E-state index in [0.29, 0.717) is 5.75 Å². The molecule has 0 amide bonds. The third-order valence-corrected chi connectivity index (χ3v) is 5.59. The van der Waals surface area contributed by atoms with Crippen molar-refractivity contribution < 1.29 is 32.1 Å². The predicted molar refractivity (Wildman–Crippen MR) is 97.0 cm³/mol. The molecule has 7 nitrogen and oxygen atoms in total. The van der Waals surface area contributed by atoms with Crippen LogP contribution in [0.1, 0.15) is 0 Å². The number of ether oxygens (including phenoxy) is 3. The quantitative estimate of drug-likeness (QED) is 0.643. The Balaban J connectivity index is 2.44. The smallest absolute Gasteiger partial charge is 0.263 e. The standard InChI is InChI=1S/C16H17BrFNO6S/c1-23-14-8-11(17)16(9-15(14)24-2)26(21,22)19-12-4-3-10(18)7-13(12)25-6-5-20/h3-4,7-9,19-20H,5-6H2,1-2H3. The van der Waals surface area contributed by atoms with Crippen molar-refractivity contribution in [3.8, 4) is 17.2 Å². The highest BCUT2D eigenvalue weighted by Gasteiger charge is 2.23. The lowest BCUT2D eigenvalue weighted by molar-refractivity contribution is 0.201. The number of halogens is 2. The normalized spacial score (nSPS) is 11.1. The number of hydrogen-bond donors (Lipinski definition) is 2. The van der Waals surface area contributed by atoms with Crippen LogP contribution in [0.4, 0.5) is 10.1 Å². The Morgan fingerprint density at radius 1 is 1.12 bits per heavy atom. The summed E-state index contributed by atoms with van der Waals surface area (Å²) < 4.78 is 57.0. The van der Waals surface area contributed by atoms with Gasteiger partial charge in [-0.1, -0.05) is 0 Å². The van der Waals surface area contributed by atoms with Gasteiger partial charge in [0.1, 0.15) is 23.1 Å². The number of aliphatic hydroxyl groups excluding tert-OH is 1. The minimum absolute atomic E-state index is 0.0292. The molecule has 142 valence electrons. The third-order valence-electron chi connectivity index (χ3n) is 3.26. The van der Waals surface area contributed by atoms with Crippen LogP contribution in [0.3, 0.4) is 0 Å². The first kappa shape index (κ1) is 20.3. The van der Waals surface area contributed by atoms with Crippen molar-refractivity contribution in [3.05, 3.63) is 40.6 Å². The van der Waals surface area contributed by atoms with Crippen LogP contribution in [0.25, 0.3) is 0 Å². The predicted octanol–water partition coefficient (Wildman–Crippen LogP) is 2.78. The Bertz CT molecular complexity index is 891. The molecule has 0 saturated carbocycles. The number of rotatable bonds is 8. The van der Waals surface area contributed by atoms with Crippen molar-refractivity contribution in [3.63, 3.8) is 0 Å². The SMILES string of the molecule is COc1cc(Br)c(S(=O)(=O)Nc2ccc(F)cc2OCCO)cc1OC. The van der Waals surface area contributed by atoms with Gasteiger partial charge in [0.2, 0.25) is 0 Å². The van der Waals surface area contributed by atoms with Gasteiger partial charge in [-0.05, 0) is 34.1 Å². The molecule has 0 saturated heterocycles. The highest BCUT2D eigenvalue weighted by atomic mass is 79.9. The molecular formula is C16H17BrFNO6S. The average Bonchev–Trinajstić information content (AvgIpc) is 2.61. The Morgan fingerprint density at radius 2 is 1.77 bits per heavy atom. The summed E-state index contributed by atoms with van der Waals surface area (Å²) in [5.74, 6) is -0.0635. The maximum Gasteiger partial charge on any atom is 0.263 e. The van der Waals surface area contributed by atoms with Crippen molar-refractivity contribution in [1.29, 1.82) is 0 Å². The van der Waals surface area contributed by atoms with Gasteiger partial charge in [-0.2, -0.15) is 0 Å². The number of methoxy groups -OCH3 is 2. The maximum atomic E-state index is 13.4. The summed E-state index contributed by atoms with van der Waals surface area (Å²) in [6, 6.07) is 6.10. The van der Waals surface area contributed by atoms with Gasteiger partial charge in [-0.25, -0.2) is 12.8 Å². The molecule has 2 rings (SSSR count). The fraction of sp³-hybridized carbons (Fsp3) is 0.250. The summed E-state index contributed by atoms with van der Waals surface area (Å²) in [5.41, 5.74) is 0.0292. The summed E-state index contributed by atoms with van der Waals surface area (Å²) in [5, 5.41) is 8.85. The van der Waals surface area contributed by atoms with Crippen LogP contribution < -0.4 is 18.9 Å². The van der Waals surface area contributed by atoms with E-state index in [1.54, 1.807) is 0 Å². The molecule has 0 aliphatic carbocycles. The Morgan fingerprint density at radius 3 is 2.38 bits per heavy atom. The molecule has 0 aliphatic rings. The summed E-state index contributed by atoms with van der Waals surface area (Å²) in [7, 11) is -1.24. The molecule has 0 spiro atoms. The number of anilines is 1. The molecule has 0 bridgehead atoms. The number of aliphatic hydroxyl groups is 1. The first-order valence-corrected chi connectivity index (χ1v) is 9.57. The fourth-order valence-electron chi connectivity index (χ4n) is 2.10. The third kappa shape index (κ3) is 4.57. The van der Waals surface area contributed by atoms with Gasteiger partial charge < -0.3 is 19.3 Å². The van der Waals surface area contributed by atoms with Gasteiger partial charge in [0.05, 0.1) is 26.5 Å². The number of hydrogen-bond acceptors (Lipinski definition) is 6. The molecule has 2 N–H and O–H groups in total. The largest absolute Gasteiger partial charge is 0.493 e. The molecule has 0 radical (unpaired) electrons. The second-order valence-electron chi connectivity index (χ2n) is 4.96. The lowest BCUT2D eigenvalue weighted by atomic mass is 10.3. The lowest BCUT2D eigenvalue weighted by Crippen LogP contribution is -2.15. The Hall–Kier alpha value is -2.04. The van der Waals surface area contributed by atoms with Gasteiger partial charge in [0.15, 0.2) is 11.5 Å². The van der Waals surface area contributed by atoms with Gasteiger partial charge in [-0.3, -0.25) is 4.72 Å². The zero-order chi connectivity index (χ0) is 19.3. The van der Waals surface area contributed by atoms with E-state index in [2.05, 4.69) is 20.7 Å². The van der Waals surface area contributed by atoms with E-state index in [1.807, 2.05) is 0 Å². The molecule has 10 heteroatoms. The summed E-state index contributed by atoms with van der Waals surface area (Å²) in [4.78, 5) is -0.104. The van der Waals surface area contributed by atoms with E-state index in [-0.39, 0.29) is 39.8 Å². The molecule has 0 aromatic heterocycles. The molecule has 0 heterocycles. The number of sulfonamides is 1. The molecule has 0 atom stereocenters. The summed E-state index contributed by atoms with van der Waals surface area (Å²) in [6.07, 6.45) is 0. The minimum atomic E-state index is -4.06. The first-order valence-electron chi connectivity index (χ1n) is 7.30. The van der Waals surface area contributed by atoms with Crippen molar-refractivity contribution >= 4 is 31.6 Å². The van der Waals surface area contributed by atoms with Gasteiger partial charge in [0, 0.05) is 16.6 Å². The Kier molecular flexibility index (Phi) is 6.68. The topological polar surface area (TPSA) is 94.1 Å². The molecule has 0 unspecified atom stereocenters. The zero-order valence-corrected chi connectivity index (χ0v) is 16.4. The van der Waals surface area contributed by atoms with E-state index >= 15 is 0 Å². The van der Waals surface area contributed by atoms with E-state index in [1.165, 1.54) is 32.4 Å². The van der Waals surface area contributed by atoms with Crippen LogP contribution >= 0.6 is 15.9 Å². The van der Waals surface area contributed by atoms with Crippen LogP contribution in [0.2, 0.25) is 0 Å². The van der Waals surface area contributed by atoms with Crippen LogP contribution in [-0.2, 0) is 10.0 Å². The van der Waals surface area contributed by atoms with E-state index in [9.17, 15) is 12.8 Å². The van der Waals surface area contributed by atoms with Crippen LogP contribution in [0.5, 0.6) is 17.2 Å². The van der Waals surface area contributed by atoms with Gasteiger partial charge in [-0.15, -0.1) is 0 Å². The molecule has 2 aromatic carbocycles. The van der Waals surface area contributed by atoms with E-state index in [4.69, 9.17) is 19.3 Å². The lowest BCUT2D eigenvalue weighted by Gasteiger charge is -2.15. The second-order valence-corrected chi connectivity index (χ2v) is 7.46.